The number of halogens is 1. The monoisotopic (exact) mass is 402 g/mol. The summed E-state index contributed by atoms with van der Waals surface area (Å²) in [6, 6.07) is 14.4. The van der Waals surface area contributed by atoms with E-state index in [1.807, 2.05) is 30.5 Å². The van der Waals surface area contributed by atoms with E-state index in [0.29, 0.717) is 0 Å². The normalized spacial score (nSPS) is 11.3. The van der Waals surface area contributed by atoms with Gasteiger partial charge in [0.1, 0.15) is 5.82 Å². The second-order valence-corrected chi connectivity index (χ2v) is 7.07. The van der Waals surface area contributed by atoms with Gasteiger partial charge in [-0.15, -0.1) is 23.7 Å². The Morgan fingerprint density at radius 1 is 1.19 bits per heavy atom. The largest absolute Gasteiger partial charge is 0.354 e. The molecule has 0 bridgehead atoms. The molecule has 0 spiro atoms. The van der Waals surface area contributed by atoms with E-state index in [9.17, 15) is 4.79 Å². The van der Waals surface area contributed by atoms with Crippen LogP contribution in [0.4, 0.5) is 10.9 Å². The van der Waals surface area contributed by atoms with Gasteiger partial charge in [0.05, 0.1) is 5.69 Å². The Bertz CT molecular complexity index is 852. The average molecular weight is 403 g/mol. The van der Waals surface area contributed by atoms with E-state index in [-0.39, 0.29) is 24.4 Å². The minimum Gasteiger partial charge on any atom is -0.354 e. The highest BCUT2D eigenvalue weighted by Crippen LogP contribution is 2.27. The highest BCUT2D eigenvalue weighted by molar-refractivity contribution is 7.14. The van der Waals surface area contributed by atoms with Gasteiger partial charge in [0.2, 0.25) is 5.91 Å². The number of benzene rings is 1. The van der Waals surface area contributed by atoms with Crippen molar-refractivity contribution in [3.8, 4) is 11.3 Å². The Morgan fingerprint density at radius 3 is 2.63 bits per heavy atom. The molecule has 0 fully saturated rings. The van der Waals surface area contributed by atoms with E-state index in [4.69, 9.17) is 0 Å². The van der Waals surface area contributed by atoms with E-state index in [0.717, 1.165) is 35.0 Å². The van der Waals surface area contributed by atoms with E-state index >= 15 is 0 Å². The summed E-state index contributed by atoms with van der Waals surface area (Å²) >= 11 is 1.56. The molecule has 0 saturated heterocycles. The van der Waals surface area contributed by atoms with E-state index in [2.05, 4.69) is 44.9 Å². The van der Waals surface area contributed by atoms with Gasteiger partial charge < -0.3 is 10.6 Å². The topological polar surface area (TPSA) is 66.9 Å². The van der Waals surface area contributed by atoms with Gasteiger partial charge in [-0.05, 0) is 37.5 Å². The summed E-state index contributed by atoms with van der Waals surface area (Å²) in [5.41, 5.74) is 3.30. The van der Waals surface area contributed by atoms with Gasteiger partial charge in [0.25, 0.3) is 0 Å². The molecule has 3 aromatic rings. The summed E-state index contributed by atoms with van der Waals surface area (Å²) in [6.45, 7) is 3.58. The number of hydrogen-bond donors (Lipinski definition) is 2. The van der Waals surface area contributed by atoms with Gasteiger partial charge in [0, 0.05) is 30.1 Å². The molecule has 1 atom stereocenters. The number of aryl methyl sites for hydroxylation is 1. The van der Waals surface area contributed by atoms with Crippen molar-refractivity contribution in [3.63, 3.8) is 0 Å². The molecule has 3 rings (SSSR count). The molecule has 0 aliphatic carbocycles. The minimum atomic E-state index is 0. The summed E-state index contributed by atoms with van der Waals surface area (Å²) in [4.78, 5) is 19.9. The van der Waals surface area contributed by atoms with Gasteiger partial charge in [-0.2, -0.15) is 0 Å². The Labute approximate surface area is 169 Å². The number of hydrogen-bond acceptors (Lipinski definition) is 5. The molecule has 0 radical (unpaired) electrons. The summed E-state index contributed by atoms with van der Waals surface area (Å²) in [5.74, 6) is 0.809. The van der Waals surface area contributed by atoms with Crippen LogP contribution in [-0.4, -0.2) is 21.9 Å². The highest BCUT2D eigenvalue weighted by Gasteiger charge is 2.07. The van der Waals surface area contributed by atoms with Crippen molar-refractivity contribution < 1.29 is 4.79 Å². The van der Waals surface area contributed by atoms with E-state index in [1.165, 1.54) is 5.56 Å². The first-order valence-electron chi connectivity index (χ1n) is 8.60. The van der Waals surface area contributed by atoms with Gasteiger partial charge in [-0.25, -0.2) is 9.97 Å². The smallest absolute Gasteiger partial charge is 0.217 e. The molecule has 0 aliphatic rings. The molecule has 0 aliphatic heterocycles. The average Bonchev–Trinajstić information content (AvgIpc) is 3.09. The van der Waals surface area contributed by atoms with Crippen molar-refractivity contribution in [3.05, 3.63) is 59.6 Å². The Morgan fingerprint density at radius 2 is 1.96 bits per heavy atom. The Kier molecular flexibility index (Phi) is 7.76. The molecule has 7 heteroatoms. The lowest BCUT2D eigenvalue weighted by Crippen LogP contribution is -2.30. The zero-order chi connectivity index (χ0) is 18.4. The number of carbonyl (C=O) groups is 1. The van der Waals surface area contributed by atoms with Gasteiger partial charge in [-0.3, -0.25) is 4.79 Å². The van der Waals surface area contributed by atoms with Crippen LogP contribution in [-0.2, 0) is 11.2 Å². The molecule has 1 aromatic carbocycles. The number of pyridine rings is 1. The SMILES string of the molecule is CC(=O)NC(C)CCc1ccc(-c2csc(Nc3ccccn3)n2)cc1.Cl. The minimum absolute atomic E-state index is 0. The number of nitrogens with one attached hydrogen (secondary N) is 2. The zero-order valence-corrected chi connectivity index (χ0v) is 16.9. The molecular formula is C20H23ClN4OS. The fourth-order valence-corrected chi connectivity index (χ4v) is 3.38. The number of carbonyl (C=O) groups excluding carboxylic acids is 1. The summed E-state index contributed by atoms with van der Waals surface area (Å²) in [5, 5.41) is 9.00. The van der Waals surface area contributed by atoms with Crippen molar-refractivity contribution in [1.82, 2.24) is 15.3 Å². The predicted molar refractivity (Wildman–Crippen MR) is 114 cm³/mol. The number of anilines is 2. The van der Waals surface area contributed by atoms with Crippen LogP contribution in [0.25, 0.3) is 11.3 Å². The summed E-state index contributed by atoms with van der Waals surface area (Å²) in [7, 11) is 0. The Balaban J connectivity index is 0.00000261. The van der Waals surface area contributed by atoms with Crippen LogP contribution in [0.2, 0.25) is 0 Å². The van der Waals surface area contributed by atoms with Crippen LogP contribution in [0.1, 0.15) is 25.8 Å². The highest BCUT2D eigenvalue weighted by atomic mass is 35.5. The quantitative estimate of drug-likeness (QED) is 0.594. The summed E-state index contributed by atoms with van der Waals surface area (Å²) in [6.07, 6.45) is 3.61. The second kappa shape index (κ2) is 10.0. The van der Waals surface area contributed by atoms with Crippen molar-refractivity contribution in [2.45, 2.75) is 32.7 Å². The molecule has 2 heterocycles. The molecule has 142 valence electrons. The fourth-order valence-electron chi connectivity index (χ4n) is 2.65. The van der Waals surface area contributed by atoms with Crippen molar-refractivity contribution in [1.29, 1.82) is 0 Å². The zero-order valence-electron chi connectivity index (χ0n) is 15.3. The molecule has 2 aromatic heterocycles. The number of nitrogens with zero attached hydrogens (tertiary/aromatic N) is 2. The van der Waals surface area contributed by atoms with Crippen LogP contribution in [0.3, 0.4) is 0 Å². The summed E-state index contributed by atoms with van der Waals surface area (Å²) < 4.78 is 0. The number of thiazole rings is 1. The lowest BCUT2D eigenvalue weighted by Gasteiger charge is -2.12. The predicted octanol–water partition coefficient (Wildman–Crippen LogP) is 4.83. The van der Waals surface area contributed by atoms with Crippen LogP contribution in [0.5, 0.6) is 0 Å². The van der Waals surface area contributed by atoms with Gasteiger partial charge in [-0.1, -0.05) is 30.3 Å². The number of rotatable bonds is 7. The van der Waals surface area contributed by atoms with Crippen molar-refractivity contribution >= 4 is 40.6 Å². The maximum absolute atomic E-state index is 11.1. The van der Waals surface area contributed by atoms with Crippen molar-refractivity contribution in [2.75, 3.05) is 5.32 Å². The first-order chi connectivity index (χ1) is 12.6. The van der Waals surface area contributed by atoms with Crippen LogP contribution in [0, 0.1) is 0 Å². The first kappa shape index (κ1) is 20.9. The third-order valence-electron chi connectivity index (χ3n) is 3.97. The third-order valence-corrected chi connectivity index (χ3v) is 4.73. The van der Waals surface area contributed by atoms with Crippen LogP contribution < -0.4 is 10.6 Å². The van der Waals surface area contributed by atoms with E-state index in [1.54, 1.807) is 24.5 Å². The number of aromatic nitrogens is 2. The second-order valence-electron chi connectivity index (χ2n) is 6.22. The fraction of sp³-hybridized carbons (Fsp3) is 0.250. The standard InChI is InChI=1S/C20H22N4OS.ClH/c1-14(22-15(2)25)6-7-16-8-10-17(11-9-16)18-13-26-20(23-18)24-19-5-3-4-12-21-19;/h3-5,8-14H,6-7H2,1-2H3,(H,22,25)(H,21,23,24);1H. The first-order valence-corrected chi connectivity index (χ1v) is 9.48. The molecular weight excluding hydrogens is 380 g/mol. The lowest BCUT2D eigenvalue weighted by atomic mass is 10.0. The number of amides is 1. The maximum Gasteiger partial charge on any atom is 0.217 e. The van der Waals surface area contributed by atoms with Gasteiger partial charge in [0.15, 0.2) is 5.13 Å². The molecule has 5 nitrogen and oxygen atoms in total. The van der Waals surface area contributed by atoms with Crippen LogP contribution >= 0.6 is 23.7 Å². The third kappa shape index (κ3) is 6.34. The van der Waals surface area contributed by atoms with Crippen molar-refractivity contribution in [2.24, 2.45) is 0 Å². The maximum atomic E-state index is 11.1. The molecule has 1 amide bonds. The lowest BCUT2D eigenvalue weighted by molar-refractivity contribution is -0.119. The Hall–Kier alpha value is -2.44. The molecule has 27 heavy (non-hydrogen) atoms. The van der Waals surface area contributed by atoms with Gasteiger partial charge >= 0.3 is 0 Å². The van der Waals surface area contributed by atoms with E-state index < -0.39 is 0 Å². The molecule has 0 saturated carbocycles. The van der Waals surface area contributed by atoms with Crippen LogP contribution in [0.15, 0.2) is 54.0 Å². The molecule has 2 N–H and O–H groups in total. The molecule has 1 unspecified atom stereocenters.